The van der Waals surface area contributed by atoms with E-state index in [0.717, 1.165) is 23.8 Å². The van der Waals surface area contributed by atoms with Gasteiger partial charge in [-0.3, -0.25) is 4.90 Å². The summed E-state index contributed by atoms with van der Waals surface area (Å²) in [6.07, 6.45) is 5.78. The number of fused-ring (bicyclic) bond motifs is 1. The smallest absolute Gasteiger partial charge is 0.0192 e. The summed E-state index contributed by atoms with van der Waals surface area (Å²) in [6.45, 7) is 12.1. The predicted octanol–water partition coefficient (Wildman–Crippen LogP) is 2.74. The lowest BCUT2D eigenvalue weighted by Gasteiger charge is -2.25. The van der Waals surface area contributed by atoms with Gasteiger partial charge >= 0.3 is 0 Å². The summed E-state index contributed by atoms with van der Waals surface area (Å²) in [5.41, 5.74) is 0. The van der Waals surface area contributed by atoms with Gasteiger partial charge < -0.3 is 5.32 Å². The van der Waals surface area contributed by atoms with Crippen molar-refractivity contribution in [2.45, 2.75) is 52.5 Å². The Hall–Kier alpha value is -0.0800. The molecule has 17 heavy (non-hydrogen) atoms. The van der Waals surface area contributed by atoms with Gasteiger partial charge in [0.05, 0.1) is 0 Å². The maximum Gasteiger partial charge on any atom is 0.0192 e. The Morgan fingerprint density at radius 1 is 1.12 bits per heavy atom. The quantitative estimate of drug-likeness (QED) is 0.716. The van der Waals surface area contributed by atoms with Gasteiger partial charge in [0.1, 0.15) is 0 Å². The molecule has 0 aromatic rings. The maximum atomic E-state index is 3.62. The minimum absolute atomic E-state index is 0.729. The molecule has 2 aliphatic rings. The molecule has 0 aromatic carbocycles. The summed E-state index contributed by atoms with van der Waals surface area (Å²) in [7, 11) is 0. The molecule has 0 amide bonds. The van der Waals surface area contributed by atoms with Crippen molar-refractivity contribution in [2.24, 2.45) is 17.8 Å². The van der Waals surface area contributed by atoms with Crippen LogP contribution in [-0.4, -0.2) is 37.1 Å². The number of hydrogen-bond acceptors (Lipinski definition) is 2. The van der Waals surface area contributed by atoms with Gasteiger partial charge in [-0.15, -0.1) is 0 Å². The molecule has 1 aliphatic heterocycles. The van der Waals surface area contributed by atoms with E-state index < -0.39 is 0 Å². The van der Waals surface area contributed by atoms with Crippen molar-refractivity contribution >= 4 is 0 Å². The van der Waals surface area contributed by atoms with Crippen molar-refractivity contribution in [2.75, 3.05) is 26.2 Å². The minimum atomic E-state index is 0.729. The van der Waals surface area contributed by atoms with Crippen molar-refractivity contribution < 1.29 is 0 Å². The topological polar surface area (TPSA) is 15.3 Å². The molecule has 0 spiro atoms. The van der Waals surface area contributed by atoms with Gasteiger partial charge in [0.15, 0.2) is 0 Å². The summed E-state index contributed by atoms with van der Waals surface area (Å²) in [6, 6.07) is 0.729. The second-order valence-corrected chi connectivity index (χ2v) is 6.64. The lowest BCUT2D eigenvalue weighted by atomic mass is 10.0. The van der Waals surface area contributed by atoms with Crippen LogP contribution < -0.4 is 5.32 Å². The van der Waals surface area contributed by atoms with Crippen molar-refractivity contribution in [1.82, 2.24) is 10.2 Å². The Morgan fingerprint density at radius 2 is 1.76 bits per heavy atom. The SMILES string of the molecule is CC(C)CCNCC(C)N1CC2CCCC2C1. The van der Waals surface area contributed by atoms with Crippen molar-refractivity contribution in [3.8, 4) is 0 Å². The largest absolute Gasteiger partial charge is 0.315 e. The number of hydrogen-bond donors (Lipinski definition) is 1. The van der Waals surface area contributed by atoms with Crippen LogP contribution in [0.1, 0.15) is 46.5 Å². The molecular weight excluding hydrogens is 208 g/mol. The molecule has 1 saturated heterocycles. The first-order valence-electron chi connectivity index (χ1n) is 7.61. The second kappa shape index (κ2) is 6.19. The van der Waals surface area contributed by atoms with Crippen LogP contribution in [0.5, 0.6) is 0 Å². The molecule has 0 radical (unpaired) electrons. The zero-order chi connectivity index (χ0) is 12.3. The van der Waals surface area contributed by atoms with Crippen LogP contribution in [0.4, 0.5) is 0 Å². The molecule has 2 fully saturated rings. The molecule has 100 valence electrons. The molecule has 1 N–H and O–H groups in total. The average molecular weight is 238 g/mol. The van der Waals surface area contributed by atoms with Crippen molar-refractivity contribution in [1.29, 1.82) is 0 Å². The van der Waals surface area contributed by atoms with Crippen LogP contribution in [0.3, 0.4) is 0 Å². The molecule has 3 atom stereocenters. The van der Waals surface area contributed by atoms with Gasteiger partial charge in [-0.1, -0.05) is 20.3 Å². The number of likely N-dealkylation sites (tertiary alicyclic amines) is 1. The molecule has 1 heterocycles. The van der Waals surface area contributed by atoms with E-state index in [0.29, 0.717) is 0 Å². The Kier molecular flexibility index (Phi) is 4.87. The van der Waals surface area contributed by atoms with Crippen LogP contribution in [0, 0.1) is 17.8 Å². The molecule has 2 heteroatoms. The summed E-state index contributed by atoms with van der Waals surface area (Å²) >= 11 is 0. The van der Waals surface area contributed by atoms with Gasteiger partial charge in [-0.25, -0.2) is 0 Å². The first-order chi connectivity index (χ1) is 8.16. The van der Waals surface area contributed by atoms with Gasteiger partial charge in [0.2, 0.25) is 0 Å². The van der Waals surface area contributed by atoms with Gasteiger partial charge in [0, 0.05) is 25.7 Å². The predicted molar refractivity (Wildman–Crippen MR) is 74.2 cm³/mol. The van der Waals surface area contributed by atoms with Crippen molar-refractivity contribution in [3.05, 3.63) is 0 Å². The van der Waals surface area contributed by atoms with Crippen LogP contribution in [0.2, 0.25) is 0 Å². The van der Waals surface area contributed by atoms with Crippen molar-refractivity contribution in [3.63, 3.8) is 0 Å². The summed E-state index contributed by atoms with van der Waals surface area (Å²) in [5, 5.41) is 3.62. The van der Waals surface area contributed by atoms with E-state index in [1.807, 2.05) is 0 Å². The summed E-state index contributed by atoms with van der Waals surface area (Å²) < 4.78 is 0. The van der Waals surface area contributed by atoms with Crippen LogP contribution in [0.25, 0.3) is 0 Å². The highest BCUT2D eigenvalue weighted by Gasteiger charge is 2.37. The fourth-order valence-electron chi connectivity index (χ4n) is 3.46. The van der Waals surface area contributed by atoms with Crippen LogP contribution in [0.15, 0.2) is 0 Å². The monoisotopic (exact) mass is 238 g/mol. The van der Waals surface area contributed by atoms with E-state index in [1.165, 1.54) is 51.9 Å². The van der Waals surface area contributed by atoms with E-state index >= 15 is 0 Å². The van der Waals surface area contributed by atoms with E-state index in [4.69, 9.17) is 0 Å². The maximum absolute atomic E-state index is 3.62. The molecule has 0 aromatic heterocycles. The molecule has 0 bridgehead atoms. The number of rotatable bonds is 6. The highest BCUT2D eigenvalue weighted by Crippen LogP contribution is 2.38. The highest BCUT2D eigenvalue weighted by atomic mass is 15.2. The Morgan fingerprint density at radius 3 is 2.35 bits per heavy atom. The average Bonchev–Trinajstić information content (AvgIpc) is 2.83. The summed E-state index contributed by atoms with van der Waals surface area (Å²) in [4.78, 5) is 2.72. The number of nitrogens with one attached hydrogen (secondary N) is 1. The van der Waals surface area contributed by atoms with Crippen LogP contribution >= 0.6 is 0 Å². The Labute approximate surface area is 107 Å². The first-order valence-corrected chi connectivity index (χ1v) is 7.61. The number of nitrogens with zero attached hydrogens (tertiary/aromatic N) is 1. The van der Waals surface area contributed by atoms with E-state index in [9.17, 15) is 0 Å². The Balaban J connectivity index is 1.62. The molecular formula is C15H30N2. The lowest BCUT2D eigenvalue weighted by molar-refractivity contribution is 0.232. The van der Waals surface area contributed by atoms with E-state index in [1.54, 1.807) is 0 Å². The molecule has 1 aliphatic carbocycles. The lowest BCUT2D eigenvalue weighted by Crippen LogP contribution is -2.39. The third-order valence-electron chi connectivity index (χ3n) is 4.72. The molecule has 3 unspecified atom stereocenters. The van der Waals surface area contributed by atoms with Gasteiger partial charge in [-0.05, 0) is 50.5 Å². The molecule has 2 rings (SSSR count). The first kappa shape index (κ1) is 13.4. The zero-order valence-corrected chi connectivity index (χ0v) is 11.9. The molecule has 2 nitrogen and oxygen atoms in total. The minimum Gasteiger partial charge on any atom is -0.315 e. The third-order valence-corrected chi connectivity index (χ3v) is 4.72. The standard InChI is InChI=1S/C15H30N2/c1-12(2)7-8-16-9-13(3)17-10-14-5-4-6-15(14)11-17/h12-16H,4-11H2,1-3H3. The van der Waals surface area contributed by atoms with E-state index in [2.05, 4.69) is 31.0 Å². The molecule has 1 saturated carbocycles. The van der Waals surface area contributed by atoms with Gasteiger partial charge in [0.25, 0.3) is 0 Å². The Bertz CT molecular complexity index is 215. The van der Waals surface area contributed by atoms with Crippen LogP contribution in [-0.2, 0) is 0 Å². The normalized spacial score (nSPS) is 31.1. The summed E-state index contributed by atoms with van der Waals surface area (Å²) in [5.74, 6) is 2.89. The second-order valence-electron chi connectivity index (χ2n) is 6.64. The van der Waals surface area contributed by atoms with Gasteiger partial charge in [-0.2, -0.15) is 0 Å². The fraction of sp³-hybridized carbons (Fsp3) is 1.00. The van der Waals surface area contributed by atoms with E-state index in [-0.39, 0.29) is 0 Å². The fourth-order valence-corrected chi connectivity index (χ4v) is 3.46. The highest BCUT2D eigenvalue weighted by molar-refractivity contribution is 4.90. The zero-order valence-electron chi connectivity index (χ0n) is 11.9. The third kappa shape index (κ3) is 3.69.